The van der Waals surface area contributed by atoms with Crippen molar-refractivity contribution in [2.24, 2.45) is 0 Å². The Morgan fingerprint density at radius 1 is 1.31 bits per heavy atom. The van der Waals surface area contributed by atoms with Gasteiger partial charge in [-0.1, -0.05) is 12.5 Å². The number of sulfone groups is 1. The first-order valence-corrected chi connectivity index (χ1v) is 7.91. The molecule has 0 aromatic carbocycles. The van der Waals surface area contributed by atoms with Gasteiger partial charge in [-0.25, -0.2) is 8.42 Å². The van der Waals surface area contributed by atoms with Crippen LogP contribution in [0.5, 0.6) is 0 Å². The lowest BCUT2D eigenvalue weighted by Crippen LogP contribution is -2.31. The molecule has 3 nitrogen and oxygen atoms in total. The van der Waals surface area contributed by atoms with Crippen molar-refractivity contribution < 1.29 is 8.42 Å². The van der Waals surface area contributed by atoms with Gasteiger partial charge >= 0.3 is 0 Å². The molecule has 1 aliphatic rings. The van der Waals surface area contributed by atoms with E-state index in [2.05, 4.69) is 11.9 Å². The van der Waals surface area contributed by atoms with Gasteiger partial charge in [-0.2, -0.15) is 0 Å². The molecule has 1 rings (SSSR count). The van der Waals surface area contributed by atoms with Crippen molar-refractivity contribution in [3.05, 3.63) is 12.7 Å². The minimum absolute atomic E-state index is 0.124. The molecule has 0 saturated carbocycles. The summed E-state index contributed by atoms with van der Waals surface area (Å²) in [5.74, 6) is 0.388. The second kappa shape index (κ2) is 7.07. The molecule has 1 aliphatic heterocycles. The number of hydrogen-bond donors (Lipinski definition) is 1. The van der Waals surface area contributed by atoms with Gasteiger partial charge in [-0.15, -0.1) is 6.58 Å². The van der Waals surface area contributed by atoms with E-state index in [9.17, 15) is 8.42 Å². The summed E-state index contributed by atoms with van der Waals surface area (Å²) in [4.78, 5) is 0. The van der Waals surface area contributed by atoms with Gasteiger partial charge in [0.05, 0.1) is 11.0 Å². The summed E-state index contributed by atoms with van der Waals surface area (Å²) >= 11 is 0. The molecular formula is C12H23NO2S. The van der Waals surface area contributed by atoms with Crippen LogP contribution in [0.2, 0.25) is 0 Å². The molecule has 0 radical (unpaired) electrons. The van der Waals surface area contributed by atoms with Crippen LogP contribution in [0.4, 0.5) is 0 Å². The normalized spacial score (nSPS) is 23.4. The zero-order valence-electron chi connectivity index (χ0n) is 9.95. The number of hydrogen-bond acceptors (Lipinski definition) is 3. The Labute approximate surface area is 99.2 Å². The lowest BCUT2D eigenvalue weighted by molar-refractivity contribution is 0.561. The zero-order chi connectivity index (χ0) is 11.9. The van der Waals surface area contributed by atoms with Crippen molar-refractivity contribution in [1.82, 2.24) is 5.32 Å². The Bertz CT molecular complexity index is 298. The topological polar surface area (TPSA) is 46.2 Å². The van der Waals surface area contributed by atoms with Crippen molar-refractivity contribution in [2.75, 3.05) is 18.8 Å². The van der Waals surface area contributed by atoms with E-state index in [4.69, 9.17) is 0 Å². The lowest BCUT2D eigenvalue weighted by atomic mass is 10.2. The Balaban J connectivity index is 2.01. The molecule has 4 heteroatoms. The second-order valence-corrected chi connectivity index (χ2v) is 6.87. The van der Waals surface area contributed by atoms with Crippen LogP contribution < -0.4 is 5.32 Å². The van der Waals surface area contributed by atoms with Gasteiger partial charge in [0.2, 0.25) is 0 Å². The molecule has 1 atom stereocenters. The maximum Gasteiger partial charge on any atom is 0.154 e. The molecule has 1 fully saturated rings. The van der Waals surface area contributed by atoms with Crippen molar-refractivity contribution in [1.29, 1.82) is 0 Å². The molecule has 1 heterocycles. The predicted octanol–water partition coefficient (Wildman–Crippen LogP) is 1.90. The Kier molecular flexibility index (Phi) is 6.06. The lowest BCUT2D eigenvalue weighted by Gasteiger charge is -2.10. The van der Waals surface area contributed by atoms with Crippen LogP contribution in [0, 0.1) is 0 Å². The molecule has 0 amide bonds. The third-order valence-electron chi connectivity index (χ3n) is 3.10. The van der Waals surface area contributed by atoms with Crippen LogP contribution in [0.3, 0.4) is 0 Å². The molecule has 0 aromatic heterocycles. The molecule has 94 valence electrons. The van der Waals surface area contributed by atoms with Crippen LogP contribution >= 0.6 is 0 Å². The summed E-state index contributed by atoms with van der Waals surface area (Å²) in [6, 6.07) is 0. The van der Waals surface area contributed by atoms with E-state index in [0.717, 1.165) is 32.2 Å². The molecular weight excluding hydrogens is 222 g/mol. The highest BCUT2D eigenvalue weighted by molar-refractivity contribution is 7.92. The standard InChI is InChI=1S/C12H23NO2S/c1-2-3-4-5-6-9-13-11-12-8-7-10-16(12,14)15/h2,12-13H,1,3-11H2. The maximum absolute atomic E-state index is 11.5. The summed E-state index contributed by atoms with van der Waals surface area (Å²) < 4.78 is 23.0. The van der Waals surface area contributed by atoms with Crippen LogP contribution in [0.15, 0.2) is 12.7 Å². The molecule has 16 heavy (non-hydrogen) atoms. The minimum Gasteiger partial charge on any atom is -0.315 e. The van der Waals surface area contributed by atoms with Crippen LogP contribution in [0.1, 0.15) is 38.5 Å². The van der Waals surface area contributed by atoms with Gasteiger partial charge in [0.15, 0.2) is 9.84 Å². The number of unbranched alkanes of at least 4 members (excludes halogenated alkanes) is 3. The highest BCUT2D eigenvalue weighted by Gasteiger charge is 2.30. The maximum atomic E-state index is 11.5. The molecule has 1 unspecified atom stereocenters. The second-order valence-electron chi connectivity index (χ2n) is 4.47. The average molecular weight is 245 g/mol. The Hall–Kier alpha value is -0.350. The van der Waals surface area contributed by atoms with Crippen molar-refractivity contribution in [3.63, 3.8) is 0 Å². The molecule has 0 aliphatic carbocycles. The van der Waals surface area contributed by atoms with Crippen molar-refractivity contribution >= 4 is 9.84 Å². The summed E-state index contributed by atoms with van der Waals surface area (Å²) in [7, 11) is -2.76. The van der Waals surface area contributed by atoms with Crippen LogP contribution in [-0.4, -0.2) is 32.5 Å². The molecule has 1 saturated heterocycles. The van der Waals surface area contributed by atoms with Gasteiger partial charge < -0.3 is 5.32 Å². The van der Waals surface area contributed by atoms with Crippen molar-refractivity contribution in [3.8, 4) is 0 Å². The van der Waals surface area contributed by atoms with Crippen molar-refractivity contribution in [2.45, 2.75) is 43.8 Å². The minimum atomic E-state index is -2.76. The fourth-order valence-corrected chi connectivity index (χ4v) is 3.87. The molecule has 0 aromatic rings. The van der Waals surface area contributed by atoms with E-state index in [1.54, 1.807) is 0 Å². The first-order chi connectivity index (χ1) is 7.67. The average Bonchev–Trinajstić information content (AvgIpc) is 2.57. The predicted molar refractivity (Wildman–Crippen MR) is 68.3 cm³/mol. The highest BCUT2D eigenvalue weighted by Crippen LogP contribution is 2.18. The fourth-order valence-electron chi connectivity index (χ4n) is 2.07. The van der Waals surface area contributed by atoms with Crippen LogP contribution in [-0.2, 0) is 9.84 Å². The first-order valence-electron chi connectivity index (χ1n) is 6.20. The third-order valence-corrected chi connectivity index (χ3v) is 5.37. The number of rotatable bonds is 8. The van der Waals surface area contributed by atoms with E-state index in [1.165, 1.54) is 12.8 Å². The molecule has 1 N–H and O–H groups in total. The number of nitrogens with one attached hydrogen (secondary N) is 1. The van der Waals surface area contributed by atoms with E-state index in [1.807, 2.05) is 6.08 Å². The largest absolute Gasteiger partial charge is 0.315 e. The smallest absolute Gasteiger partial charge is 0.154 e. The van der Waals surface area contributed by atoms with Gasteiger partial charge in [0.25, 0.3) is 0 Å². The van der Waals surface area contributed by atoms with Gasteiger partial charge in [-0.05, 0) is 38.6 Å². The Morgan fingerprint density at radius 2 is 2.12 bits per heavy atom. The molecule has 0 bridgehead atoms. The van der Waals surface area contributed by atoms with Crippen LogP contribution in [0.25, 0.3) is 0 Å². The first kappa shape index (κ1) is 13.7. The summed E-state index contributed by atoms with van der Waals surface area (Å²) in [6.07, 6.45) is 8.21. The quantitative estimate of drug-likeness (QED) is 0.525. The highest BCUT2D eigenvalue weighted by atomic mass is 32.2. The summed E-state index contributed by atoms with van der Waals surface area (Å²) in [5.41, 5.74) is 0. The summed E-state index contributed by atoms with van der Waals surface area (Å²) in [6.45, 7) is 5.26. The van der Waals surface area contributed by atoms with E-state index in [0.29, 0.717) is 12.3 Å². The SMILES string of the molecule is C=CCCCCCNCC1CCCS1(=O)=O. The van der Waals surface area contributed by atoms with Gasteiger partial charge in [-0.3, -0.25) is 0 Å². The molecule has 0 spiro atoms. The van der Waals surface area contributed by atoms with E-state index >= 15 is 0 Å². The fraction of sp³-hybridized carbons (Fsp3) is 0.833. The monoisotopic (exact) mass is 245 g/mol. The van der Waals surface area contributed by atoms with E-state index < -0.39 is 9.84 Å². The van der Waals surface area contributed by atoms with Gasteiger partial charge in [0.1, 0.15) is 0 Å². The zero-order valence-corrected chi connectivity index (χ0v) is 10.8. The Morgan fingerprint density at radius 3 is 2.75 bits per heavy atom. The summed E-state index contributed by atoms with van der Waals surface area (Å²) in [5, 5.41) is 3.13. The van der Waals surface area contributed by atoms with E-state index in [-0.39, 0.29) is 5.25 Å². The third kappa shape index (κ3) is 4.66. The number of allylic oxidation sites excluding steroid dienone is 1. The van der Waals surface area contributed by atoms with Gasteiger partial charge in [0, 0.05) is 6.54 Å².